The van der Waals surface area contributed by atoms with Gasteiger partial charge < -0.3 is 14.2 Å². The summed E-state index contributed by atoms with van der Waals surface area (Å²) < 4.78 is 50.7. The van der Waals surface area contributed by atoms with Crippen molar-refractivity contribution in [1.82, 2.24) is 48.3 Å². The van der Waals surface area contributed by atoms with Crippen LogP contribution in [0.1, 0.15) is 116 Å². The molecule has 0 radical (unpaired) electrons. The third kappa shape index (κ3) is 6.15. The van der Waals surface area contributed by atoms with Gasteiger partial charge in [-0.05, 0) is 137 Å². The number of fused-ring (bicyclic) bond motifs is 6. The number of ether oxygens (including phenoxy) is 1. The Morgan fingerprint density at radius 2 is 1.69 bits per heavy atom. The van der Waals surface area contributed by atoms with E-state index in [1.54, 1.807) is 60.7 Å². The van der Waals surface area contributed by atoms with Crippen LogP contribution in [-0.4, -0.2) is 72.5 Å². The molecule has 3 aliphatic heterocycles. The Balaban J connectivity index is 1.03. The van der Waals surface area contributed by atoms with Crippen molar-refractivity contribution in [2.24, 2.45) is 13.0 Å². The first-order chi connectivity index (χ1) is 32.1. The molecule has 8 heterocycles. The maximum atomic E-state index is 16.2. The van der Waals surface area contributed by atoms with Gasteiger partial charge in [0.2, 0.25) is 0 Å². The number of hydrogen-bond acceptors (Lipinski definition) is 8. The van der Waals surface area contributed by atoms with Crippen molar-refractivity contribution in [1.29, 1.82) is 0 Å². The summed E-state index contributed by atoms with van der Waals surface area (Å²) in [6.07, 6.45) is 9.46. The molecule has 1 amide bonds. The summed E-state index contributed by atoms with van der Waals surface area (Å²) in [4.78, 5) is 48.1. The predicted octanol–water partition coefficient (Wildman–Crippen LogP) is 7.97. The molecule has 1 aliphatic carbocycles. The second kappa shape index (κ2) is 14.6. The number of nitrogens with zero attached hydrogens (tertiary/aromatic N) is 9. The van der Waals surface area contributed by atoms with Gasteiger partial charge in [0.25, 0.3) is 5.91 Å². The Hall–Kier alpha value is -6.88. The average molecular weight is 909 g/mol. The molecule has 1 saturated carbocycles. The third-order valence-electron chi connectivity index (χ3n) is 15.2. The van der Waals surface area contributed by atoms with Crippen LogP contribution in [-0.2, 0) is 23.7 Å². The number of rotatable bonds is 7. The quantitative estimate of drug-likeness (QED) is 0.169. The van der Waals surface area contributed by atoms with E-state index in [2.05, 4.69) is 58.8 Å². The smallest absolute Gasteiger partial charge is 0.376 e. The molecule has 4 aliphatic rings. The summed E-state index contributed by atoms with van der Waals surface area (Å²) in [5.41, 5.74) is 4.25. The summed E-state index contributed by atoms with van der Waals surface area (Å²) in [5.74, 6) is -0.750. The fourth-order valence-electron chi connectivity index (χ4n) is 11.9. The van der Waals surface area contributed by atoms with Crippen molar-refractivity contribution >= 4 is 27.7 Å². The number of aromatic amines is 1. The number of aryl methyl sites for hydroxylation is 3. The lowest BCUT2D eigenvalue weighted by Gasteiger charge is -2.46. The van der Waals surface area contributed by atoms with Crippen LogP contribution in [0.15, 0.2) is 81.2 Å². The number of amides is 1. The van der Waals surface area contributed by atoms with Crippen LogP contribution in [0.4, 0.5) is 8.78 Å². The summed E-state index contributed by atoms with van der Waals surface area (Å²) >= 11 is 0. The molecule has 17 heteroatoms. The fourth-order valence-corrected chi connectivity index (χ4v) is 11.9. The van der Waals surface area contributed by atoms with Gasteiger partial charge in [-0.1, -0.05) is 18.1 Å². The molecule has 2 saturated heterocycles. The van der Waals surface area contributed by atoms with Gasteiger partial charge in [0, 0.05) is 55.0 Å². The number of nitrogens with one attached hydrogen (secondary N) is 1. The monoisotopic (exact) mass is 908 g/mol. The summed E-state index contributed by atoms with van der Waals surface area (Å²) in [7, 11) is 1.73. The van der Waals surface area contributed by atoms with E-state index >= 15 is 13.6 Å². The molecule has 12 rings (SSSR count). The van der Waals surface area contributed by atoms with Crippen LogP contribution in [0, 0.1) is 31.4 Å². The minimum Gasteiger partial charge on any atom is -0.376 e. The fraction of sp³-hybridized carbons (Fsp3) is 0.400. The largest absolute Gasteiger partial charge is 0.438 e. The van der Waals surface area contributed by atoms with Crippen molar-refractivity contribution in [2.45, 2.75) is 109 Å². The summed E-state index contributed by atoms with van der Waals surface area (Å²) in [5, 5.41) is 14.8. The van der Waals surface area contributed by atoms with Crippen molar-refractivity contribution < 1.29 is 22.8 Å². The van der Waals surface area contributed by atoms with E-state index in [0.29, 0.717) is 71.1 Å². The second-order valence-corrected chi connectivity index (χ2v) is 19.9. The van der Waals surface area contributed by atoms with E-state index < -0.39 is 28.8 Å². The Morgan fingerprint density at radius 1 is 0.925 bits per heavy atom. The van der Waals surface area contributed by atoms with Crippen molar-refractivity contribution in [3.05, 3.63) is 139 Å². The molecule has 1 N–H and O–H groups in total. The maximum Gasteiger partial charge on any atom is 0.438 e. The highest BCUT2D eigenvalue weighted by Crippen LogP contribution is 2.56. The molecule has 3 aromatic carbocycles. The SMILES string of the molecule is Cc1cc(-n2nc3c(c2-n2ccn(-c4ccc5c(cnn5C)c4F)c2=O)[C@H]2CCC[C@@H](C3)N2C(=O)c2cc3cc([C@H]4CCOC(C)(C)C4)ccc3n2[C@@]2(c3noc(=O)[nH]3)C[C@@H]2C)cc(C)c1F. The Kier molecular flexibility index (Phi) is 9.03. The van der Waals surface area contributed by atoms with E-state index in [4.69, 9.17) is 14.4 Å². The molecule has 3 fully saturated rings. The van der Waals surface area contributed by atoms with Gasteiger partial charge in [-0.2, -0.15) is 10.2 Å². The molecule has 2 bridgehead atoms. The number of carbonyl (C=O) groups excluding carboxylic acids is 1. The van der Waals surface area contributed by atoms with Crippen LogP contribution in [0.5, 0.6) is 0 Å². The summed E-state index contributed by atoms with van der Waals surface area (Å²) in [6, 6.07) is 14.3. The van der Waals surface area contributed by atoms with Gasteiger partial charge >= 0.3 is 11.4 Å². The number of H-pyrrole nitrogens is 1. The molecule has 15 nitrogen and oxygen atoms in total. The van der Waals surface area contributed by atoms with Crippen LogP contribution >= 0.6 is 0 Å². The lowest BCUT2D eigenvalue weighted by molar-refractivity contribution is -0.0592. The zero-order chi connectivity index (χ0) is 46.4. The molecule has 5 aromatic heterocycles. The zero-order valence-electron chi connectivity index (χ0n) is 38.1. The van der Waals surface area contributed by atoms with Gasteiger partial charge in [0.05, 0.1) is 45.8 Å². The first kappa shape index (κ1) is 41.5. The topological polar surface area (TPSA) is 156 Å². The lowest BCUT2D eigenvalue weighted by atomic mass is 9.82. The van der Waals surface area contributed by atoms with Gasteiger partial charge in [-0.25, -0.2) is 23.1 Å². The molecule has 8 aromatic rings. The first-order valence-electron chi connectivity index (χ1n) is 23.1. The lowest BCUT2D eigenvalue weighted by Crippen LogP contribution is -2.50. The molecular formula is C50H50F2N10O5. The van der Waals surface area contributed by atoms with E-state index in [1.807, 2.05) is 11.0 Å². The van der Waals surface area contributed by atoms with Gasteiger partial charge in [-0.3, -0.25) is 28.1 Å². The number of aromatic nitrogens is 9. The molecule has 344 valence electrons. The molecule has 5 atom stereocenters. The van der Waals surface area contributed by atoms with Gasteiger partial charge in [-0.15, -0.1) is 0 Å². The average Bonchev–Trinajstić information content (AvgIpc) is 3.92. The van der Waals surface area contributed by atoms with E-state index in [-0.39, 0.29) is 46.3 Å². The number of hydrogen-bond donors (Lipinski definition) is 1. The third-order valence-corrected chi connectivity index (χ3v) is 15.2. The Bertz CT molecular complexity index is 3470. The minimum atomic E-state index is -0.851. The first-order valence-corrected chi connectivity index (χ1v) is 23.1. The summed E-state index contributed by atoms with van der Waals surface area (Å²) in [6.45, 7) is 10.4. The zero-order valence-corrected chi connectivity index (χ0v) is 38.1. The van der Waals surface area contributed by atoms with Crippen molar-refractivity contribution in [3.8, 4) is 17.2 Å². The number of piperidine rings is 1. The number of benzene rings is 3. The maximum absolute atomic E-state index is 16.2. The predicted molar refractivity (Wildman–Crippen MR) is 244 cm³/mol. The van der Waals surface area contributed by atoms with Gasteiger partial charge in [0.1, 0.15) is 22.9 Å². The Labute approximate surface area is 382 Å². The molecule has 0 unspecified atom stereocenters. The number of imidazole rings is 1. The number of carbonyl (C=O) groups is 1. The van der Waals surface area contributed by atoms with Crippen molar-refractivity contribution in [2.75, 3.05) is 6.61 Å². The highest BCUT2D eigenvalue weighted by atomic mass is 19.1. The van der Waals surface area contributed by atoms with Crippen LogP contribution in [0.2, 0.25) is 0 Å². The van der Waals surface area contributed by atoms with E-state index in [0.717, 1.165) is 42.3 Å². The molecule has 0 spiro atoms. The van der Waals surface area contributed by atoms with E-state index in [9.17, 15) is 9.59 Å². The number of halogens is 2. The molecule has 67 heavy (non-hydrogen) atoms. The Morgan fingerprint density at radius 3 is 2.42 bits per heavy atom. The molecular weight excluding hydrogens is 859 g/mol. The van der Waals surface area contributed by atoms with Crippen LogP contribution < -0.4 is 11.4 Å². The minimum absolute atomic E-state index is 0.00546. The second-order valence-electron chi connectivity index (χ2n) is 19.9. The highest BCUT2D eigenvalue weighted by molar-refractivity contribution is 6.00. The van der Waals surface area contributed by atoms with Crippen LogP contribution in [0.25, 0.3) is 39.0 Å². The van der Waals surface area contributed by atoms with Crippen molar-refractivity contribution in [3.63, 3.8) is 0 Å². The standard InChI is InChI=1S/C50H50F2N10O5/c1-26-18-33(19-27(2)42(26)51)62-44(59-16-15-58(48(59)65)39-13-12-37-34(43(39)52)25-53-57(37)6)41-35(55-62)22-32-8-7-9-38(41)60(32)45(63)40-21-31-20-29(30-14-17-66-49(4,5)24-30)10-11-36(31)61(40)50(23-28(50)3)46-54-47(64)67-56-46/h10-13,15-16,18-21,25,28,30,32,38H,7-9,14,17,22-24H2,1-6H3,(H,54,56,64)/t28-,30-,32-,38+,50-/m0/s1. The van der Waals surface area contributed by atoms with Gasteiger partial charge in [0.15, 0.2) is 11.6 Å². The normalized spacial score (nSPS) is 23.3. The highest BCUT2D eigenvalue weighted by Gasteiger charge is 2.59. The van der Waals surface area contributed by atoms with E-state index in [1.165, 1.54) is 27.1 Å². The van der Waals surface area contributed by atoms with Crippen LogP contribution in [0.3, 0.4) is 0 Å².